The number of carbonyl (C=O) groups is 2. The van der Waals surface area contributed by atoms with E-state index in [2.05, 4.69) is 43.4 Å². The zero-order valence-electron chi connectivity index (χ0n) is 15.6. The molecule has 1 saturated carbocycles. The molecule has 2 rings (SSSR count). The number of quaternary nitrogens is 1. The molecule has 0 aliphatic heterocycles. The summed E-state index contributed by atoms with van der Waals surface area (Å²) in [6, 6.07) is 7.88. The van der Waals surface area contributed by atoms with Crippen molar-refractivity contribution in [2.24, 2.45) is 11.7 Å². The van der Waals surface area contributed by atoms with Crippen LogP contribution in [0.25, 0.3) is 0 Å². The maximum atomic E-state index is 12.0. The smallest absolute Gasteiger partial charge is 0.319 e. The lowest BCUT2D eigenvalue weighted by atomic mass is 9.83. The summed E-state index contributed by atoms with van der Waals surface area (Å²) >= 11 is 0. The number of rotatable bonds is 6. The van der Waals surface area contributed by atoms with Gasteiger partial charge < -0.3 is 11.1 Å². The predicted molar refractivity (Wildman–Crippen MR) is 99.0 cm³/mol. The number of hydrogen-bond donors (Lipinski definition) is 3. The van der Waals surface area contributed by atoms with Gasteiger partial charge in [-0.2, -0.15) is 0 Å². The van der Waals surface area contributed by atoms with Crippen LogP contribution in [-0.2, 0) is 4.79 Å². The molecule has 3 amide bonds. The molecule has 25 heavy (non-hydrogen) atoms. The Labute approximate surface area is 150 Å². The summed E-state index contributed by atoms with van der Waals surface area (Å²) in [4.78, 5) is 22.8. The summed E-state index contributed by atoms with van der Waals surface area (Å²) in [5.41, 5.74) is 7.69. The Morgan fingerprint density at radius 2 is 1.68 bits per heavy atom. The minimum Gasteiger partial charge on any atom is -0.351 e. The Hall–Kier alpha value is -1.88. The van der Waals surface area contributed by atoms with Gasteiger partial charge in [0.2, 0.25) is 0 Å². The highest BCUT2D eigenvalue weighted by Crippen LogP contribution is 2.33. The Bertz CT molecular complexity index is 577. The van der Waals surface area contributed by atoms with Crippen molar-refractivity contribution in [1.29, 1.82) is 0 Å². The third-order valence-corrected chi connectivity index (χ3v) is 5.27. The van der Waals surface area contributed by atoms with Gasteiger partial charge in [0.15, 0.2) is 6.04 Å². The molecule has 1 aromatic rings. The predicted octanol–water partition coefficient (Wildman–Crippen LogP) is 2.58. The van der Waals surface area contributed by atoms with Gasteiger partial charge in [-0.25, -0.2) is 4.79 Å². The van der Waals surface area contributed by atoms with E-state index in [1.807, 2.05) is 5.32 Å². The Kier molecular flexibility index (Phi) is 7.00. The number of nitrogens with two attached hydrogens (primary N) is 2. The summed E-state index contributed by atoms with van der Waals surface area (Å²) in [6.07, 6.45) is 6.62. The number of imide groups is 1. The maximum Gasteiger partial charge on any atom is 0.319 e. The Morgan fingerprint density at radius 3 is 2.20 bits per heavy atom. The molecule has 0 bridgehead atoms. The Balaban J connectivity index is 2.06. The summed E-state index contributed by atoms with van der Waals surface area (Å²) in [6.45, 7) is 6.09. The number of amides is 3. The highest BCUT2D eigenvalue weighted by molar-refractivity contribution is 5.95. The molecule has 5 nitrogen and oxygen atoms in total. The van der Waals surface area contributed by atoms with Gasteiger partial charge in [0, 0.05) is 11.5 Å². The molecule has 1 aliphatic rings. The third-order valence-electron chi connectivity index (χ3n) is 5.27. The van der Waals surface area contributed by atoms with Crippen LogP contribution < -0.4 is 16.4 Å². The molecule has 1 fully saturated rings. The lowest BCUT2D eigenvalue weighted by molar-refractivity contribution is -0.719. The zero-order valence-corrected chi connectivity index (χ0v) is 15.6. The van der Waals surface area contributed by atoms with E-state index < -0.39 is 6.03 Å². The van der Waals surface area contributed by atoms with Gasteiger partial charge in [0.05, 0.1) is 0 Å². The first-order chi connectivity index (χ1) is 11.9. The maximum absolute atomic E-state index is 12.0. The van der Waals surface area contributed by atoms with Gasteiger partial charge in [0.1, 0.15) is 6.04 Å². The van der Waals surface area contributed by atoms with Crippen LogP contribution in [0.2, 0.25) is 0 Å². The molecule has 0 aromatic heterocycles. The lowest BCUT2D eigenvalue weighted by Gasteiger charge is -2.25. The van der Waals surface area contributed by atoms with Crippen LogP contribution in [0.5, 0.6) is 0 Å². The van der Waals surface area contributed by atoms with Crippen LogP contribution in [0.1, 0.15) is 76.0 Å². The molecule has 1 aromatic carbocycles. The fourth-order valence-electron chi connectivity index (χ4n) is 3.78. The normalized spacial score (nSPS) is 17.9. The minimum atomic E-state index is -0.803. The first-order valence-electron chi connectivity index (χ1n) is 9.43. The van der Waals surface area contributed by atoms with E-state index >= 15 is 0 Å². The number of urea groups is 1. The molecule has 1 aliphatic carbocycles. The quantitative estimate of drug-likeness (QED) is 0.739. The first kappa shape index (κ1) is 19.4. The fraction of sp³-hybridized carbons (Fsp3) is 0.600. The van der Waals surface area contributed by atoms with Crippen molar-refractivity contribution in [3.63, 3.8) is 0 Å². The van der Waals surface area contributed by atoms with E-state index in [0.29, 0.717) is 11.8 Å². The van der Waals surface area contributed by atoms with Crippen molar-refractivity contribution in [3.05, 3.63) is 35.4 Å². The molecule has 138 valence electrons. The van der Waals surface area contributed by atoms with Crippen LogP contribution in [0.3, 0.4) is 0 Å². The molecule has 5 N–H and O–H groups in total. The van der Waals surface area contributed by atoms with Crippen LogP contribution in [0, 0.1) is 5.92 Å². The third kappa shape index (κ3) is 5.56. The molecule has 0 unspecified atom stereocenters. The fourth-order valence-corrected chi connectivity index (χ4v) is 3.78. The van der Waals surface area contributed by atoms with E-state index in [1.54, 1.807) is 6.92 Å². The van der Waals surface area contributed by atoms with Crippen molar-refractivity contribution in [1.82, 2.24) is 5.32 Å². The monoisotopic (exact) mass is 346 g/mol. The standard InChI is InChI=1S/C20H31N3O2/c1-13(2)18(22-14(3)19(24)23-20(21)25)17-11-9-16(10-12-17)15-7-5-4-6-8-15/h9-15,18,22H,4-8H2,1-3H3,(H3,21,23,24,25)/p+1/t14-,18+/m0/s1. The highest BCUT2D eigenvalue weighted by atomic mass is 16.2. The van der Waals surface area contributed by atoms with Gasteiger partial charge in [-0.3, -0.25) is 10.1 Å². The molecular formula is C20H32N3O2+. The SMILES string of the molecule is CC(C)[C@@H]([NH2+][C@@H](C)C(=O)NC(N)=O)c1ccc(C2CCCCC2)cc1. The lowest BCUT2D eigenvalue weighted by Crippen LogP contribution is -2.93. The summed E-state index contributed by atoms with van der Waals surface area (Å²) in [5.74, 6) is 0.714. The van der Waals surface area contributed by atoms with Crippen LogP contribution in [0.15, 0.2) is 24.3 Å². The van der Waals surface area contributed by atoms with Gasteiger partial charge in [0.25, 0.3) is 5.91 Å². The van der Waals surface area contributed by atoms with Crippen molar-refractivity contribution in [2.45, 2.75) is 70.9 Å². The molecular weight excluding hydrogens is 314 g/mol. The van der Waals surface area contributed by atoms with Crippen LogP contribution in [0.4, 0.5) is 4.79 Å². The van der Waals surface area contributed by atoms with Gasteiger partial charge in [-0.15, -0.1) is 0 Å². The second-order valence-corrected chi connectivity index (χ2v) is 7.61. The second kappa shape index (κ2) is 8.99. The highest BCUT2D eigenvalue weighted by Gasteiger charge is 2.26. The van der Waals surface area contributed by atoms with E-state index in [0.717, 1.165) is 0 Å². The van der Waals surface area contributed by atoms with E-state index in [4.69, 9.17) is 5.73 Å². The second-order valence-electron chi connectivity index (χ2n) is 7.61. The topological polar surface area (TPSA) is 88.8 Å². The number of primary amides is 1. The van der Waals surface area contributed by atoms with Gasteiger partial charge >= 0.3 is 6.03 Å². The van der Waals surface area contributed by atoms with Crippen LogP contribution in [-0.4, -0.2) is 18.0 Å². The Morgan fingerprint density at radius 1 is 1.08 bits per heavy atom. The number of hydrogen-bond acceptors (Lipinski definition) is 2. The number of carbonyl (C=O) groups excluding carboxylic acids is 2. The molecule has 0 spiro atoms. The average molecular weight is 346 g/mol. The molecule has 2 atom stereocenters. The molecule has 0 heterocycles. The summed E-state index contributed by atoms with van der Waals surface area (Å²) in [7, 11) is 0. The molecule has 5 heteroatoms. The van der Waals surface area contributed by atoms with Crippen molar-refractivity contribution < 1.29 is 14.9 Å². The molecule has 0 radical (unpaired) electrons. The van der Waals surface area contributed by atoms with Crippen LogP contribution >= 0.6 is 0 Å². The van der Waals surface area contributed by atoms with E-state index in [-0.39, 0.29) is 18.0 Å². The number of nitrogens with one attached hydrogen (secondary N) is 1. The summed E-state index contributed by atoms with van der Waals surface area (Å²) in [5, 5.41) is 4.17. The van der Waals surface area contributed by atoms with Crippen molar-refractivity contribution in [2.75, 3.05) is 0 Å². The van der Waals surface area contributed by atoms with Crippen molar-refractivity contribution in [3.8, 4) is 0 Å². The molecule has 0 saturated heterocycles. The van der Waals surface area contributed by atoms with E-state index in [1.165, 1.54) is 43.2 Å². The minimum absolute atomic E-state index is 0.161. The first-order valence-corrected chi connectivity index (χ1v) is 9.43. The summed E-state index contributed by atoms with van der Waals surface area (Å²) < 4.78 is 0. The van der Waals surface area contributed by atoms with Gasteiger partial charge in [-0.1, -0.05) is 57.4 Å². The number of benzene rings is 1. The largest absolute Gasteiger partial charge is 0.351 e. The van der Waals surface area contributed by atoms with Crippen molar-refractivity contribution >= 4 is 11.9 Å². The van der Waals surface area contributed by atoms with Gasteiger partial charge in [-0.05, 0) is 31.2 Å². The van der Waals surface area contributed by atoms with E-state index in [9.17, 15) is 9.59 Å². The zero-order chi connectivity index (χ0) is 18.4. The average Bonchev–Trinajstić information content (AvgIpc) is 2.59.